The molecule has 0 radical (unpaired) electrons. The summed E-state index contributed by atoms with van der Waals surface area (Å²) in [5, 5.41) is 8.12. The first-order valence-electron chi connectivity index (χ1n) is 9.71. The van der Waals surface area contributed by atoms with E-state index in [0.29, 0.717) is 30.2 Å². The third-order valence-electron chi connectivity index (χ3n) is 3.86. The number of ether oxygens (including phenoxy) is 2. The molecule has 2 rings (SSSR count). The molecule has 0 aliphatic carbocycles. The summed E-state index contributed by atoms with van der Waals surface area (Å²) in [6.45, 7) is 5.97. The van der Waals surface area contributed by atoms with E-state index in [0.717, 1.165) is 5.56 Å². The highest BCUT2D eigenvalue weighted by Gasteiger charge is 2.12. The number of carbonyl (C=O) groups excluding carboxylic acids is 3. The van der Waals surface area contributed by atoms with Crippen molar-refractivity contribution in [3.05, 3.63) is 59.7 Å². The molecule has 0 spiro atoms. The van der Waals surface area contributed by atoms with Gasteiger partial charge in [0.05, 0.1) is 17.9 Å². The average molecular weight is 413 g/mol. The quantitative estimate of drug-likeness (QED) is 0.548. The second-order valence-electron chi connectivity index (χ2n) is 6.73. The van der Waals surface area contributed by atoms with Crippen LogP contribution < -0.4 is 20.7 Å². The summed E-state index contributed by atoms with van der Waals surface area (Å²) in [6, 6.07) is 13.4. The lowest BCUT2D eigenvalue weighted by molar-refractivity contribution is -0.119. The Morgan fingerprint density at radius 3 is 2.37 bits per heavy atom. The van der Waals surface area contributed by atoms with Crippen molar-refractivity contribution in [1.82, 2.24) is 10.6 Å². The maximum Gasteiger partial charge on any atom is 0.338 e. The highest BCUT2D eigenvalue weighted by molar-refractivity contribution is 5.96. The predicted molar refractivity (Wildman–Crippen MR) is 113 cm³/mol. The van der Waals surface area contributed by atoms with E-state index in [4.69, 9.17) is 9.47 Å². The first-order chi connectivity index (χ1) is 14.4. The van der Waals surface area contributed by atoms with Crippen LogP contribution >= 0.6 is 0 Å². The predicted octanol–water partition coefficient (Wildman–Crippen LogP) is 3.09. The number of para-hydroxylation sites is 2. The molecule has 0 atom stereocenters. The van der Waals surface area contributed by atoms with E-state index in [2.05, 4.69) is 16.0 Å². The molecule has 0 fully saturated rings. The molecule has 0 bridgehead atoms. The lowest BCUT2D eigenvalue weighted by Gasteiger charge is -2.11. The molecule has 3 amide bonds. The Balaban J connectivity index is 1.82. The van der Waals surface area contributed by atoms with Gasteiger partial charge in [-0.1, -0.05) is 24.3 Å². The van der Waals surface area contributed by atoms with E-state index in [1.807, 2.05) is 20.8 Å². The maximum absolute atomic E-state index is 12.2. The molecule has 0 saturated carbocycles. The van der Waals surface area contributed by atoms with Crippen LogP contribution in [0.2, 0.25) is 0 Å². The van der Waals surface area contributed by atoms with Crippen molar-refractivity contribution in [1.29, 1.82) is 0 Å². The smallest absolute Gasteiger partial charge is 0.338 e. The Labute approximate surface area is 175 Å². The van der Waals surface area contributed by atoms with Crippen molar-refractivity contribution < 1.29 is 23.9 Å². The summed E-state index contributed by atoms with van der Waals surface area (Å²) in [5.41, 5.74) is 1.65. The van der Waals surface area contributed by atoms with Crippen LogP contribution in [0.1, 0.15) is 36.7 Å². The van der Waals surface area contributed by atoms with Gasteiger partial charge >= 0.3 is 12.0 Å². The van der Waals surface area contributed by atoms with Crippen molar-refractivity contribution in [3.63, 3.8) is 0 Å². The fraction of sp³-hybridized carbons (Fsp3) is 0.318. The van der Waals surface area contributed by atoms with Crippen LogP contribution in [0.4, 0.5) is 10.5 Å². The first-order valence-corrected chi connectivity index (χ1v) is 9.71. The van der Waals surface area contributed by atoms with Crippen molar-refractivity contribution in [2.75, 3.05) is 18.5 Å². The molecule has 0 unspecified atom stereocenters. The molecule has 160 valence electrons. The number of hydrogen-bond donors (Lipinski definition) is 3. The van der Waals surface area contributed by atoms with Crippen molar-refractivity contribution in [3.8, 4) is 5.75 Å². The fourth-order valence-electron chi connectivity index (χ4n) is 2.51. The van der Waals surface area contributed by atoms with Crippen LogP contribution in [0.5, 0.6) is 5.75 Å². The molecular formula is C22H27N3O5. The Kier molecular flexibility index (Phi) is 8.68. The van der Waals surface area contributed by atoms with Gasteiger partial charge in [0, 0.05) is 12.6 Å². The molecule has 2 aromatic rings. The minimum Gasteiger partial charge on any atom is -0.492 e. The number of esters is 1. The number of anilines is 1. The van der Waals surface area contributed by atoms with Gasteiger partial charge in [0.15, 0.2) is 6.61 Å². The number of nitrogens with one attached hydrogen (secondary N) is 3. The SMILES string of the molecule is CCOc1ccccc1NC(=O)COC(=O)c1ccc(CNC(=O)NC(C)C)cc1. The fourth-order valence-corrected chi connectivity index (χ4v) is 2.51. The normalized spacial score (nSPS) is 10.3. The van der Waals surface area contributed by atoms with E-state index < -0.39 is 18.5 Å². The summed E-state index contributed by atoms with van der Waals surface area (Å²) >= 11 is 0. The number of benzene rings is 2. The van der Waals surface area contributed by atoms with Crippen LogP contribution in [0.25, 0.3) is 0 Å². The van der Waals surface area contributed by atoms with E-state index in [-0.39, 0.29) is 12.1 Å². The van der Waals surface area contributed by atoms with Gasteiger partial charge in [-0.15, -0.1) is 0 Å². The summed E-state index contributed by atoms with van der Waals surface area (Å²) < 4.78 is 10.5. The summed E-state index contributed by atoms with van der Waals surface area (Å²) in [4.78, 5) is 35.9. The van der Waals surface area contributed by atoms with Gasteiger partial charge in [-0.3, -0.25) is 4.79 Å². The topological polar surface area (TPSA) is 106 Å². The van der Waals surface area contributed by atoms with Gasteiger partial charge in [0.2, 0.25) is 0 Å². The number of urea groups is 1. The molecule has 0 heterocycles. The third kappa shape index (κ3) is 7.46. The van der Waals surface area contributed by atoms with Crippen LogP contribution in [0.3, 0.4) is 0 Å². The van der Waals surface area contributed by atoms with Crippen LogP contribution in [-0.2, 0) is 16.1 Å². The largest absolute Gasteiger partial charge is 0.492 e. The van der Waals surface area contributed by atoms with Crippen molar-refractivity contribution in [2.45, 2.75) is 33.4 Å². The van der Waals surface area contributed by atoms with E-state index in [9.17, 15) is 14.4 Å². The standard InChI is InChI=1S/C22H27N3O5/c1-4-29-19-8-6-5-7-18(19)25-20(26)14-30-21(27)17-11-9-16(10-12-17)13-23-22(28)24-15(2)3/h5-12,15H,4,13-14H2,1-3H3,(H,25,26)(H2,23,24,28). The van der Waals surface area contributed by atoms with E-state index >= 15 is 0 Å². The second-order valence-corrected chi connectivity index (χ2v) is 6.73. The van der Waals surface area contributed by atoms with Gasteiger partial charge in [-0.05, 0) is 50.6 Å². The molecule has 0 saturated heterocycles. The Morgan fingerprint density at radius 1 is 1.00 bits per heavy atom. The van der Waals surface area contributed by atoms with Gasteiger partial charge < -0.3 is 25.4 Å². The van der Waals surface area contributed by atoms with Crippen LogP contribution in [0, 0.1) is 0 Å². The molecule has 2 aromatic carbocycles. The van der Waals surface area contributed by atoms with Gasteiger partial charge in [0.25, 0.3) is 5.91 Å². The van der Waals surface area contributed by atoms with Crippen LogP contribution in [0.15, 0.2) is 48.5 Å². The zero-order valence-corrected chi connectivity index (χ0v) is 17.4. The number of carbonyl (C=O) groups is 3. The molecule has 30 heavy (non-hydrogen) atoms. The summed E-state index contributed by atoms with van der Waals surface area (Å²) in [7, 11) is 0. The molecule has 0 aliphatic rings. The highest BCUT2D eigenvalue weighted by Crippen LogP contribution is 2.23. The Hall–Kier alpha value is -3.55. The lowest BCUT2D eigenvalue weighted by Crippen LogP contribution is -2.39. The van der Waals surface area contributed by atoms with Crippen molar-refractivity contribution in [2.24, 2.45) is 0 Å². The zero-order chi connectivity index (χ0) is 21.9. The minimum absolute atomic E-state index is 0.0481. The molecule has 3 N–H and O–H groups in total. The summed E-state index contributed by atoms with van der Waals surface area (Å²) in [6.07, 6.45) is 0. The Bertz CT molecular complexity index is 865. The number of amides is 3. The molecule has 0 aliphatic heterocycles. The van der Waals surface area contributed by atoms with E-state index in [1.165, 1.54) is 0 Å². The minimum atomic E-state index is -0.611. The number of rotatable bonds is 9. The molecule has 8 heteroatoms. The molecular weight excluding hydrogens is 386 g/mol. The highest BCUT2D eigenvalue weighted by atomic mass is 16.5. The second kappa shape index (κ2) is 11.5. The summed E-state index contributed by atoms with van der Waals surface area (Å²) in [5.74, 6) is -0.529. The molecule has 0 aromatic heterocycles. The maximum atomic E-state index is 12.2. The van der Waals surface area contributed by atoms with Gasteiger partial charge in [-0.2, -0.15) is 0 Å². The van der Waals surface area contributed by atoms with Crippen molar-refractivity contribution >= 4 is 23.6 Å². The monoisotopic (exact) mass is 413 g/mol. The van der Waals surface area contributed by atoms with Gasteiger partial charge in [0.1, 0.15) is 5.75 Å². The van der Waals surface area contributed by atoms with Crippen LogP contribution in [-0.4, -0.2) is 37.2 Å². The van der Waals surface area contributed by atoms with Gasteiger partial charge in [-0.25, -0.2) is 9.59 Å². The lowest BCUT2D eigenvalue weighted by atomic mass is 10.1. The van der Waals surface area contributed by atoms with E-state index in [1.54, 1.807) is 48.5 Å². The Morgan fingerprint density at radius 2 is 1.70 bits per heavy atom. The molecule has 8 nitrogen and oxygen atoms in total. The third-order valence-corrected chi connectivity index (χ3v) is 3.86. The average Bonchev–Trinajstić information content (AvgIpc) is 2.72. The number of hydrogen-bond acceptors (Lipinski definition) is 5. The zero-order valence-electron chi connectivity index (χ0n) is 17.4. The first kappa shape index (κ1) is 22.7.